The summed E-state index contributed by atoms with van der Waals surface area (Å²) >= 11 is 0. The van der Waals surface area contributed by atoms with Crippen LogP contribution in [-0.4, -0.2) is 63.6 Å². The molecule has 2 aromatic carbocycles. The van der Waals surface area contributed by atoms with Gasteiger partial charge in [0.1, 0.15) is 36.7 Å². The summed E-state index contributed by atoms with van der Waals surface area (Å²) in [4.78, 5) is 57.8. The van der Waals surface area contributed by atoms with Crippen molar-refractivity contribution in [3.8, 4) is 0 Å². The molecule has 5 rings (SSSR count). The van der Waals surface area contributed by atoms with Gasteiger partial charge in [0.25, 0.3) is 0 Å². The molecule has 0 fully saturated rings. The van der Waals surface area contributed by atoms with Crippen molar-refractivity contribution < 1.29 is 42.7 Å². The van der Waals surface area contributed by atoms with Crippen molar-refractivity contribution in [3.63, 3.8) is 0 Å². The zero-order valence-corrected chi connectivity index (χ0v) is 28.6. The van der Waals surface area contributed by atoms with E-state index in [9.17, 15) is 19.2 Å². The number of aromatic nitrogens is 2. The third-order valence-corrected chi connectivity index (χ3v) is 8.40. The second-order valence-corrected chi connectivity index (χ2v) is 11.7. The Kier molecular flexibility index (Phi) is 11.1. The molecule has 1 aliphatic rings. The summed E-state index contributed by atoms with van der Waals surface area (Å²) in [7, 11) is 0. The van der Waals surface area contributed by atoms with Crippen LogP contribution in [0, 0.1) is 13.8 Å². The second kappa shape index (κ2) is 15.6. The summed E-state index contributed by atoms with van der Waals surface area (Å²) in [6.07, 6.45) is 1.63. The molecule has 0 atom stereocenters. The molecule has 0 spiro atoms. The maximum Gasteiger partial charge on any atom is 0.379 e. The van der Waals surface area contributed by atoms with Gasteiger partial charge in [0.2, 0.25) is 5.69 Å². The van der Waals surface area contributed by atoms with Crippen molar-refractivity contribution in [1.29, 1.82) is 0 Å². The van der Waals surface area contributed by atoms with Crippen LogP contribution in [0.2, 0.25) is 0 Å². The number of carbonyl (C=O) groups excluding carboxylic acids is 4. The van der Waals surface area contributed by atoms with Gasteiger partial charge in [0.15, 0.2) is 5.69 Å². The van der Waals surface area contributed by atoms with Crippen molar-refractivity contribution in [2.24, 2.45) is 0 Å². The minimum atomic E-state index is -0.663. The van der Waals surface area contributed by atoms with Crippen LogP contribution in [0.15, 0.2) is 60.7 Å². The quantitative estimate of drug-likeness (QED) is 0.0967. The Morgan fingerprint density at radius 2 is 1.27 bits per heavy atom. The van der Waals surface area contributed by atoms with Gasteiger partial charge in [-0.15, -0.1) is 0 Å². The molecule has 11 nitrogen and oxygen atoms in total. The van der Waals surface area contributed by atoms with Gasteiger partial charge in [-0.3, -0.25) is 4.58 Å². The Morgan fingerprint density at radius 3 is 1.82 bits per heavy atom. The Bertz CT molecular complexity index is 1890. The summed E-state index contributed by atoms with van der Waals surface area (Å²) in [5.74, 6) is -2.11. The molecule has 1 aliphatic heterocycles. The van der Waals surface area contributed by atoms with Gasteiger partial charge in [-0.1, -0.05) is 74.0 Å². The highest BCUT2D eigenvalue weighted by Gasteiger charge is 2.46. The zero-order chi connectivity index (χ0) is 35.1. The van der Waals surface area contributed by atoms with E-state index in [-0.39, 0.29) is 61.2 Å². The number of H-pyrrole nitrogens is 1. The molecule has 0 amide bonds. The van der Waals surface area contributed by atoms with Crippen LogP contribution in [0.4, 0.5) is 0 Å². The van der Waals surface area contributed by atoms with E-state index in [0.717, 1.165) is 24.0 Å². The first-order valence-electron chi connectivity index (χ1n) is 16.6. The van der Waals surface area contributed by atoms with E-state index in [4.69, 9.17) is 18.9 Å². The molecule has 0 bridgehead atoms. The molecule has 49 heavy (non-hydrogen) atoms. The van der Waals surface area contributed by atoms with Crippen LogP contribution in [0.25, 0.3) is 0 Å². The van der Waals surface area contributed by atoms with Crippen LogP contribution in [0.1, 0.15) is 109 Å². The molecule has 1 N–H and O–H groups in total. The normalized spacial score (nSPS) is 12.1. The summed E-state index contributed by atoms with van der Waals surface area (Å²) in [5, 5.41) is 0. The van der Waals surface area contributed by atoms with Gasteiger partial charge in [-0.05, 0) is 50.8 Å². The minimum absolute atomic E-state index is 0.00666. The molecule has 0 radical (unpaired) electrons. The van der Waals surface area contributed by atoms with Gasteiger partial charge in [-0.25, -0.2) is 19.2 Å². The Labute approximate surface area is 285 Å². The number of fused-ring (bicyclic) bond motifs is 1. The first kappa shape index (κ1) is 34.9. The fourth-order valence-corrected chi connectivity index (χ4v) is 6.06. The average Bonchev–Trinajstić information content (AvgIpc) is 3.72. The number of aromatic amines is 1. The van der Waals surface area contributed by atoms with Crippen molar-refractivity contribution in [2.75, 3.05) is 19.8 Å². The lowest BCUT2D eigenvalue weighted by molar-refractivity contribution is -0.539. The van der Waals surface area contributed by atoms with E-state index in [1.807, 2.05) is 65.2 Å². The van der Waals surface area contributed by atoms with Gasteiger partial charge in [0.05, 0.1) is 25.3 Å². The summed E-state index contributed by atoms with van der Waals surface area (Å²) in [6.45, 7) is 9.84. The van der Waals surface area contributed by atoms with Crippen LogP contribution in [-0.2, 0) is 38.7 Å². The predicted octanol–water partition coefficient (Wildman–Crippen LogP) is 6.12. The van der Waals surface area contributed by atoms with E-state index in [2.05, 4.69) is 11.9 Å². The predicted molar refractivity (Wildman–Crippen MR) is 181 cm³/mol. The lowest BCUT2D eigenvalue weighted by Crippen LogP contribution is -2.28. The average molecular weight is 669 g/mol. The summed E-state index contributed by atoms with van der Waals surface area (Å²) in [6, 6.07) is 18.6. The topological polar surface area (TPSA) is 129 Å². The first-order chi connectivity index (χ1) is 23.7. The molecule has 2 aromatic heterocycles. The fraction of sp³-hybridized carbons (Fsp3) is 0.342. The van der Waals surface area contributed by atoms with Crippen LogP contribution in [0.3, 0.4) is 0 Å². The number of rotatable bonds is 14. The van der Waals surface area contributed by atoms with Crippen molar-refractivity contribution in [2.45, 2.75) is 67.2 Å². The molecule has 4 aromatic rings. The number of benzene rings is 2. The van der Waals surface area contributed by atoms with E-state index in [1.54, 1.807) is 32.3 Å². The number of hydrogen-bond donors (Lipinski definition) is 1. The monoisotopic (exact) mass is 668 g/mol. The van der Waals surface area contributed by atoms with Crippen molar-refractivity contribution in [1.82, 2.24) is 9.55 Å². The third kappa shape index (κ3) is 7.20. The number of nitrogens with one attached hydrogen (secondary N) is 1. The largest absolute Gasteiger partial charge is 0.461 e. The lowest BCUT2D eigenvalue weighted by Gasteiger charge is -2.10. The number of ether oxygens (including phenoxy) is 4. The van der Waals surface area contributed by atoms with Gasteiger partial charge >= 0.3 is 29.7 Å². The van der Waals surface area contributed by atoms with E-state index in [0.29, 0.717) is 29.2 Å². The van der Waals surface area contributed by atoms with Gasteiger partial charge < -0.3 is 23.9 Å². The zero-order valence-electron chi connectivity index (χ0n) is 28.6. The minimum Gasteiger partial charge on any atom is -0.461 e. The number of carbonyl (C=O) groups is 4. The second-order valence-electron chi connectivity index (χ2n) is 11.7. The molecule has 0 saturated heterocycles. The van der Waals surface area contributed by atoms with E-state index in [1.165, 1.54) is 0 Å². The van der Waals surface area contributed by atoms with Crippen LogP contribution < -0.4 is 0 Å². The Hall–Kier alpha value is -5.45. The molecule has 3 heterocycles. The molecule has 0 saturated carbocycles. The van der Waals surface area contributed by atoms with E-state index >= 15 is 0 Å². The molecule has 0 unspecified atom stereocenters. The molecule has 0 aliphatic carbocycles. The number of esters is 4. The van der Waals surface area contributed by atoms with Crippen LogP contribution in [0.5, 0.6) is 0 Å². The first-order valence-corrected chi connectivity index (χ1v) is 16.6. The maximum absolute atomic E-state index is 14.0. The molecular formula is C38H42N3O8+. The van der Waals surface area contributed by atoms with Crippen LogP contribution >= 0.6 is 0 Å². The Balaban J connectivity index is 1.69. The molecule has 256 valence electrons. The fourth-order valence-electron chi connectivity index (χ4n) is 6.06. The number of nitrogens with zero attached hydrogens (tertiary/aromatic N) is 2. The lowest BCUT2D eigenvalue weighted by atomic mass is 10.1. The number of unbranched alkanes of at least 4 members (excludes halogenated alkanes) is 1. The Morgan fingerprint density at radius 1 is 0.714 bits per heavy atom. The van der Waals surface area contributed by atoms with Crippen molar-refractivity contribution >= 4 is 29.7 Å². The third-order valence-electron chi connectivity index (χ3n) is 8.40. The van der Waals surface area contributed by atoms with Crippen molar-refractivity contribution in [3.05, 3.63) is 117 Å². The highest BCUT2D eigenvalue weighted by Crippen LogP contribution is 2.33. The molecule has 11 heteroatoms. The SMILES string of the molecule is CCCC[N+]1=C(c2[nH]c(C(=O)OCC)c(C)c2C(=O)OCc2ccccc2)n2c(c(C(=O)OCc3ccccc3)c(C)c2C(=O)OCC)C1. The van der Waals surface area contributed by atoms with Gasteiger partial charge in [-0.2, -0.15) is 4.57 Å². The molecular weight excluding hydrogens is 626 g/mol. The summed E-state index contributed by atoms with van der Waals surface area (Å²) in [5.41, 5.74) is 3.70. The highest BCUT2D eigenvalue weighted by atomic mass is 16.5. The van der Waals surface area contributed by atoms with E-state index < -0.39 is 23.9 Å². The number of hydrogen-bond acceptors (Lipinski definition) is 8. The maximum atomic E-state index is 14.0. The summed E-state index contributed by atoms with van der Waals surface area (Å²) < 4.78 is 26.1. The highest BCUT2D eigenvalue weighted by molar-refractivity contribution is 6.13. The standard InChI is InChI=1S/C38H41N3O8/c1-6-9-20-40-21-28-29(35(42)48-22-26-16-12-10-13-17-26)25(5)33(38(45)47-8-3)41(28)34(40)32-30(24(4)31(39-32)37(44)46-7-2)36(43)49-23-27-18-14-11-15-19-27/h10-19H,6-9,20-23H2,1-5H3/p+1. The smallest absolute Gasteiger partial charge is 0.379 e. The van der Waals surface area contributed by atoms with Gasteiger partial charge in [0, 0.05) is 5.56 Å².